The summed E-state index contributed by atoms with van der Waals surface area (Å²) in [5.74, 6) is 1.69. The molecule has 7 aromatic carbocycles. The summed E-state index contributed by atoms with van der Waals surface area (Å²) < 4.78 is 9.07. The summed E-state index contributed by atoms with van der Waals surface area (Å²) in [6, 6.07) is 60.0. The van der Waals surface area contributed by atoms with Crippen LogP contribution in [0.15, 0.2) is 170 Å². The molecule has 0 radical (unpaired) electrons. The molecule has 0 amide bonds. The highest BCUT2D eigenvalue weighted by atomic mass is 32.1. The molecular weight excluding hydrogens is 581 g/mol. The second kappa shape index (κ2) is 11.0. The van der Waals surface area contributed by atoms with Gasteiger partial charge in [-0.15, -0.1) is 11.3 Å². The summed E-state index contributed by atoms with van der Waals surface area (Å²) in [4.78, 5) is 4.64. The predicted octanol–water partition coefficient (Wildman–Crippen LogP) is 12.8. The molecular formula is C42H28N2OS. The lowest BCUT2D eigenvalue weighted by Crippen LogP contribution is -2.15. The van der Waals surface area contributed by atoms with Crippen molar-refractivity contribution >= 4 is 65.6 Å². The SMILES string of the molecule is c1ccc(N2c3ccccc3Oc3cc(-c4ccc(N(c5ccccc5)c5cccc6c5sc5ccccc56)cc4)ccc32)cc1. The fourth-order valence-corrected chi connectivity index (χ4v) is 7.71. The largest absolute Gasteiger partial charge is 0.453 e. The highest BCUT2D eigenvalue weighted by molar-refractivity contribution is 7.26. The first-order chi connectivity index (χ1) is 22.8. The first-order valence-electron chi connectivity index (χ1n) is 15.4. The molecule has 4 heteroatoms. The van der Waals surface area contributed by atoms with Crippen LogP contribution >= 0.6 is 11.3 Å². The van der Waals surface area contributed by atoms with Gasteiger partial charge in [0.2, 0.25) is 0 Å². The lowest BCUT2D eigenvalue weighted by molar-refractivity contribution is 0.477. The minimum atomic E-state index is 0.839. The van der Waals surface area contributed by atoms with Gasteiger partial charge >= 0.3 is 0 Å². The van der Waals surface area contributed by atoms with Crippen molar-refractivity contribution in [3.8, 4) is 22.6 Å². The van der Waals surface area contributed by atoms with Crippen LogP contribution in [0.4, 0.5) is 34.1 Å². The zero-order valence-corrected chi connectivity index (χ0v) is 25.7. The molecule has 0 atom stereocenters. The normalized spacial score (nSPS) is 12.0. The van der Waals surface area contributed by atoms with Crippen LogP contribution in [0.5, 0.6) is 11.5 Å². The minimum Gasteiger partial charge on any atom is -0.453 e. The van der Waals surface area contributed by atoms with Gasteiger partial charge in [0.05, 0.1) is 21.8 Å². The standard InChI is InChI=1S/C42H28N2OS/c1-3-12-31(13-4-1)43(38-19-11-17-35-34-16-7-10-21-41(34)46-42(35)38)33-25-22-29(23-26-33)30-24-27-37-40(28-30)45-39-20-9-8-18-36(39)44(37)32-14-5-2-6-15-32/h1-28H. The number of thiophene rings is 1. The zero-order chi connectivity index (χ0) is 30.5. The Morgan fingerprint density at radius 3 is 1.98 bits per heavy atom. The zero-order valence-electron chi connectivity index (χ0n) is 24.9. The Bertz CT molecular complexity index is 2350. The van der Waals surface area contributed by atoms with Crippen molar-refractivity contribution in [3.63, 3.8) is 0 Å². The lowest BCUT2D eigenvalue weighted by atomic mass is 10.0. The molecule has 0 bridgehead atoms. The number of fused-ring (bicyclic) bond motifs is 5. The van der Waals surface area contributed by atoms with Crippen molar-refractivity contribution in [2.75, 3.05) is 9.80 Å². The molecule has 9 rings (SSSR count). The van der Waals surface area contributed by atoms with Crippen molar-refractivity contribution in [1.29, 1.82) is 0 Å². The number of nitrogens with zero attached hydrogens (tertiary/aromatic N) is 2. The van der Waals surface area contributed by atoms with E-state index in [0.29, 0.717) is 0 Å². The maximum atomic E-state index is 6.49. The van der Waals surface area contributed by atoms with Gasteiger partial charge in [-0.1, -0.05) is 97.1 Å². The van der Waals surface area contributed by atoms with E-state index in [1.165, 1.54) is 25.9 Å². The van der Waals surface area contributed by atoms with Gasteiger partial charge in [0.1, 0.15) is 0 Å². The third-order valence-electron chi connectivity index (χ3n) is 8.64. The molecule has 1 aliphatic heterocycles. The van der Waals surface area contributed by atoms with Crippen molar-refractivity contribution in [1.82, 2.24) is 0 Å². The van der Waals surface area contributed by atoms with Gasteiger partial charge in [-0.3, -0.25) is 0 Å². The summed E-state index contributed by atoms with van der Waals surface area (Å²) in [6.07, 6.45) is 0. The van der Waals surface area contributed by atoms with Crippen LogP contribution in [0.2, 0.25) is 0 Å². The first kappa shape index (κ1) is 26.6. The Morgan fingerprint density at radius 1 is 0.478 bits per heavy atom. The quantitative estimate of drug-likeness (QED) is 0.193. The van der Waals surface area contributed by atoms with Gasteiger partial charge in [-0.25, -0.2) is 0 Å². The molecule has 1 aromatic heterocycles. The molecule has 0 saturated carbocycles. The van der Waals surface area contributed by atoms with Crippen LogP contribution in [0, 0.1) is 0 Å². The number of para-hydroxylation sites is 4. The Balaban J connectivity index is 1.12. The first-order valence-corrected chi connectivity index (χ1v) is 16.3. The van der Waals surface area contributed by atoms with Crippen molar-refractivity contribution in [3.05, 3.63) is 170 Å². The average Bonchev–Trinajstić information content (AvgIpc) is 3.51. The van der Waals surface area contributed by atoms with Gasteiger partial charge in [0, 0.05) is 32.5 Å². The molecule has 8 aromatic rings. The van der Waals surface area contributed by atoms with Gasteiger partial charge < -0.3 is 14.5 Å². The Kier molecular flexibility index (Phi) is 6.32. The molecule has 0 N–H and O–H groups in total. The Labute approximate surface area is 271 Å². The molecule has 1 aliphatic rings. The highest BCUT2D eigenvalue weighted by Crippen LogP contribution is 2.51. The third kappa shape index (κ3) is 4.42. The highest BCUT2D eigenvalue weighted by Gasteiger charge is 2.26. The Hall–Kier alpha value is -5.84. The topological polar surface area (TPSA) is 15.7 Å². The second-order valence-electron chi connectivity index (χ2n) is 11.4. The van der Waals surface area contributed by atoms with Gasteiger partial charge in [0.25, 0.3) is 0 Å². The summed E-state index contributed by atoms with van der Waals surface area (Å²) in [7, 11) is 0. The van der Waals surface area contributed by atoms with Crippen LogP contribution < -0.4 is 14.5 Å². The number of ether oxygens (including phenoxy) is 1. The molecule has 218 valence electrons. The van der Waals surface area contributed by atoms with E-state index in [1.54, 1.807) is 0 Å². The van der Waals surface area contributed by atoms with Crippen molar-refractivity contribution < 1.29 is 4.74 Å². The number of hydrogen-bond acceptors (Lipinski definition) is 4. The van der Waals surface area contributed by atoms with E-state index in [2.05, 4.69) is 161 Å². The van der Waals surface area contributed by atoms with Gasteiger partial charge in [-0.2, -0.15) is 0 Å². The second-order valence-corrected chi connectivity index (χ2v) is 12.4. The molecule has 0 saturated heterocycles. The number of hydrogen-bond donors (Lipinski definition) is 0. The van der Waals surface area contributed by atoms with Gasteiger partial charge in [-0.05, 0) is 83.9 Å². The van der Waals surface area contributed by atoms with Crippen molar-refractivity contribution in [2.45, 2.75) is 0 Å². The van der Waals surface area contributed by atoms with Crippen LogP contribution in [-0.4, -0.2) is 0 Å². The summed E-state index contributed by atoms with van der Waals surface area (Å²) >= 11 is 1.85. The Morgan fingerprint density at radius 2 is 1.13 bits per heavy atom. The number of anilines is 6. The average molecular weight is 609 g/mol. The maximum absolute atomic E-state index is 6.49. The molecule has 2 heterocycles. The smallest absolute Gasteiger partial charge is 0.152 e. The fraction of sp³-hybridized carbons (Fsp3) is 0. The fourth-order valence-electron chi connectivity index (χ4n) is 6.51. The summed E-state index contributed by atoms with van der Waals surface area (Å²) in [5, 5.41) is 2.59. The van der Waals surface area contributed by atoms with E-state index in [4.69, 9.17) is 4.74 Å². The third-order valence-corrected chi connectivity index (χ3v) is 9.85. The van der Waals surface area contributed by atoms with E-state index in [9.17, 15) is 0 Å². The summed E-state index contributed by atoms with van der Waals surface area (Å²) in [6.45, 7) is 0. The number of benzene rings is 7. The predicted molar refractivity (Wildman–Crippen MR) is 194 cm³/mol. The maximum Gasteiger partial charge on any atom is 0.152 e. The minimum absolute atomic E-state index is 0.839. The number of rotatable bonds is 5. The van der Waals surface area contributed by atoms with E-state index in [-0.39, 0.29) is 0 Å². The molecule has 3 nitrogen and oxygen atoms in total. The van der Waals surface area contributed by atoms with E-state index < -0.39 is 0 Å². The van der Waals surface area contributed by atoms with E-state index in [0.717, 1.165) is 51.1 Å². The monoisotopic (exact) mass is 608 g/mol. The van der Waals surface area contributed by atoms with Crippen LogP contribution in [-0.2, 0) is 0 Å². The lowest BCUT2D eigenvalue weighted by Gasteiger charge is -2.33. The van der Waals surface area contributed by atoms with Crippen molar-refractivity contribution in [2.24, 2.45) is 0 Å². The van der Waals surface area contributed by atoms with Crippen LogP contribution in [0.1, 0.15) is 0 Å². The van der Waals surface area contributed by atoms with E-state index >= 15 is 0 Å². The van der Waals surface area contributed by atoms with Crippen LogP contribution in [0.25, 0.3) is 31.3 Å². The van der Waals surface area contributed by atoms with Gasteiger partial charge in [0.15, 0.2) is 11.5 Å². The molecule has 46 heavy (non-hydrogen) atoms. The van der Waals surface area contributed by atoms with E-state index in [1.807, 2.05) is 29.5 Å². The van der Waals surface area contributed by atoms with Crippen LogP contribution in [0.3, 0.4) is 0 Å². The summed E-state index contributed by atoms with van der Waals surface area (Å²) in [5.41, 5.74) is 8.82. The molecule has 0 aliphatic carbocycles. The molecule has 0 fully saturated rings. The molecule has 0 spiro atoms. The molecule has 0 unspecified atom stereocenters.